The summed E-state index contributed by atoms with van der Waals surface area (Å²) in [7, 11) is 0. The fourth-order valence-corrected chi connectivity index (χ4v) is 2.06. The van der Waals surface area contributed by atoms with Gasteiger partial charge in [-0.3, -0.25) is 9.36 Å². The molecule has 2 rings (SSSR count). The number of aromatic nitrogens is 2. The van der Waals surface area contributed by atoms with Gasteiger partial charge in [0.15, 0.2) is 6.23 Å². The van der Waals surface area contributed by atoms with Gasteiger partial charge >= 0.3 is 5.69 Å². The third kappa shape index (κ3) is 3.17. The number of aliphatic hydroxyl groups is 3. The second-order valence-electron chi connectivity index (χ2n) is 5.38. The molecule has 1 aliphatic heterocycles. The number of nitrogens with one attached hydrogen (secondary N) is 1. The zero-order chi connectivity index (χ0) is 16.4. The standard InChI is InChI=1S/C13H19N3O6/c1-6(2)11(20)14-8-3-4-16(13(21)15-8)12-10(19)9(18)7(5-17)22-12/h3-4,6-7,9-10,12,17-19H,5H2,1-2H3,(H,14,15,20,21)/t7-,9-,10-,12-/m1/s1. The third-order valence-corrected chi connectivity index (χ3v) is 3.40. The number of amides is 1. The Labute approximate surface area is 126 Å². The van der Waals surface area contributed by atoms with Gasteiger partial charge in [-0.2, -0.15) is 4.98 Å². The molecular weight excluding hydrogens is 294 g/mol. The van der Waals surface area contributed by atoms with E-state index in [0.29, 0.717) is 0 Å². The van der Waals surface area contributed by atoms with Crippen molar-refractivity contribution in [3.8, 4) is 0 Å². The van der Waals surface area contributed by atoms with Crippen LogP contribution >= 0.6 is 0 Å². The Kier molecular flexibility index (Phi) is 4.91. The summed E-state index contributed by atoms with van der Waals surface area (Å²) >= 11 is 0. The molecule has 1 aliphatic rings. The van der Waals surface area contributed by atoms with Crippen LogP contribution in [0.2, 0.25) is 0 Å². The molecule has 9 nitrogen and oxygen atoms in total. The van der Waals surface area contributed by atoms with E-state index in [-0.39, 0.29) is 17.6 Å². The predicted molar refractivity (Wildman–Crippen MR) is 75.0 cm³/mol. The van der Waals surface area contributed by atoms with Crippen molar-refractivity contribution in [2.45, 2.75) is 38.4 Å². The van der Waals surface area contributed by atoms with E-state index in [0.717, 1.165) is 4.57 Å². The van der Waals surface area contributed by atoms with Crippen LogP contribution in [0.1, 0.15) is 20.1 Å². The molecule has 4 atom stereocenters. The molecule has 2 heterocycles. The van der Waals surface area contributed by atoms with Crippen molar-refractivity contribution in [2.24, 2.45) is 5.92 Å². The van der Waals surface area contributed by atoms with Gasteiger partial charge in [0, 0.05) is 12.1 Å². The first-order valence-electron chi connectivity index (χ1n) is 6.87. The SMILES string of the molecule is CC(C)C(=O)Nc1ccn([C@@H]2O[C@H](CO)[C@@H](O)[C@H]2O)c(=O)n1. The summed E-state index contributed by atoms with van der Waals surface area (Å²) < 4.78 is 6.24. The maximum Gasteiger partial charge on any atom is 0.351 e. The molecule has 0 unspecified atom stereocenters. The van der Waals surface area contributed by atoms with Crippen LogP contribution in [0.3, 0.4) is 0 Å². The number of anilines is 1. The van der Waals surface area contributed by atoms with Gasteiger partial charge in [-0.25, -0.2) is 4.79 Å². The lowest BCUT2D eigenvalue weighted by Crippen LogP contribution is -2.36. The summed E-state index contributed by atoms with van der Waals surface area (Å²) in [5.74, 6) is -0.450. The molecule has 22 heavy (non-hydrogen) atoms. The Balaban J connectivity index is 2.20. The smallest absolute Gasteiger partial charge is 0.351 e. The highest BCUT2D eigenvalue weighted by atomic mass is 16.6. The molecule has 9 heteroatoms. The van der Waals surface area contributed by atoms with E-state index in [1.54, 1.807) is 13.8 Å². The zero-order valence-corrected chi connectivity index (χ0v) is 12.2. The fourth-order valence-electron chi connectivity index (χ4n) is 2.06. The highest BCUT2D eigenvalue weighted by Crippen LogP contribution is 2.28. The normalized spacial score (nSPS) is 28.1. The van der Waals surface area contributed by atoms with E-state index in [1.165, 1.54) is 12.3 Å². The van der Waals surface area contributed by atoms with Gasteiger partial charge in [0.2, 0.25) is 5.91 Å². The second kappa shape index (κ2) is 6.53. The molecule has 0 saturated carbocycles. The molecule has 0 spiro atoms. The topological polar surface area (TPSA) is 134 Å². The van der Waals surface area contributed by atoms with Gasteiger partial charge in [0.25, 0.3) is 0 Å². The molecule has 1 aromatic heterocycles. The first-order chi connectivity index (χ1) is 10.3. The average molecular weight is 313 g/mol. The van der Waals surface area contributed by atoms with Gasteiger partial charge in [0.1, 0.15) is 24.1 Å². The van der Waals surface area contributed by atoms with Crippen molar-refractivity contribution in [2.75, 3.05) is 11.9 Å². The Hall–Kier alpha value is -1.81. The number of carbonyl (C=O) groups is 1. The van der Waals surface area contributed by atoms with E-state index in [2.05, 4.69) is 10.3 Å². The van der Waals surface area contributed by atoms with Crippen LogP contribution in [0.25, 0.3) is 0 Å². The Morgan fingerprint density at radius 3 is 2.64 bits per heavy atom. The molecular formula is C13H19N3O6. The Bertz CT molecular complexity index is 602. The first kappa shape index (κ1) is 16.6. The number of ether oxygens (including phenoxy) is 1. The molecule has 0 aliphatic carbocycles. The molecule has 0 bridgehead atoms. The summed E-state index contributed by atoms with van der Waals surface area (Å²) in [6, 6.07) is 1.39. The van der Waals surface area contributed by atoms with E-state index in [4.69, 9.17) is 9.84 Å². The predicted octanol–water partition coefficient (Wildman–Crippen LogP) is -1.55. The van der Waals surface area contributed by atoms with Gasteiger partial charge in [-0.15, -0.1) is 0 Å². The molecule has 0 radical (unpaired) electrons. The lowest BCUT2D eigenvalue weighted by atomic mass is 10.1. The van der Waals surface area contributed by atoms with E-state index < -0.39 is 36.8 Å². The van der Waals surface area contributed by atoms with Gasteiger partial charge < -0.3 is 25.4 Å². The molecule has 122 valence electrons. The summed E-state index contributed by atoms with van der Waals surface area (Å²) in [5, 5.41) is 31.1. The summed E-state index contributed by atoms with van der Waals surface area (Å²) in [6.45, 7) is 2.92. The lowest BCUT2D eigenvalue weighted by Gasteiger charge is -2.17. The number of hydrogen-bond donors (Lipinski definition) is 4. The number of hydrogen-bond acceptors (Lipinski definition) is 7. The molecule has 1 fully saturated rings. The maximum absolute atomic E-state index is 12.0. The Morgan fingerprint density at radius 2 is 2.14 bits per heavy atom. The van der Waals surface area contributed by atoms with E-state index in [1.807, 2.05) is 0 Å². The van der Waals surface area contributed by atoms with Crippen molar-refractivity contribution in [1.29, 1.82) is 0 Å². The molecule has 1 saturated heterocycles. The lowest BCUT2D eigenvalue weighted by molar-refractivity contribution is -0.118. The summed E-state index contributed by atoms with van der Waals surface area (Å²) in [4.78, 5) is 27.2. The van der Waals surface area contributed by atoms with Gasteiger partial charge in [0.05, 0.1) is 6.61 Å². The minimum Gasteiger partial charge on any atom is -0.394 e. The average Bonchev–Trinajstić information content (AvgIpc) is 2.75. The van der Waals surface area contributed by atoms with Gasteiger partial charge in [-0.1, -0.05) is 13.8 Å². The zero-order valence-electron chi connectivity index (χ0n) is 12.2. The van der Waals surface area contributed by atoms with E-state index in [9.17, 15) is 19.8 Å². The largest absolute Gasteiger partial charge is 0.394 e. The monoisotopic (exact) mass is 313 g/mol. The van der Waals surface area contributed by atoms with Crippen molar-refractivity contribution in [3.05, 3.63) is 22.7 Å². The number of aliphatic hydroxyl groups excluding tert-OH is 3. The molecule has 4 N–H and O–H groups in total. The van der Waals surface area contributed by atoms with Crippen LogP contribution in [0.15, 0.2) is 17.1 Å². The first-order valence-corrected chi connectivity index (χ1v) is 6.87. The summed E-state index contributed by atoms with van der Waals surface area (Å²) in [6.07, 6.45) is -3.50. The van der Waals surface area contributed by atoms with Crippen molar-refractivity contribution >= 4 is 11.7 Å². The number of rotatable bonds is 4. The molecule has 1 amide bonds. The second-order valence-corrected chi connectivity index (χ2v) is 5.38. The van der Waals surface area contributed by atoms with Crippen molar-refractivity contribution in [1.82, 2.24) is 9.55 Å². The van der Waals surface area contributed by atoms with Crippen LogP contribution in [-0.4, -0.2) is 55.7 Å². The minimum atomic E-state index is -1.37. The van der Waals surface area contributed by atoms with Crippen LogP contribution in [0.4, 0.5) is 5.82 Å². The fraction of sp³-hybridized carbons (Fsp3) is 0.615. The minimum absolute atomic E-state index is 0.0895. The van der Waals surface area contributed by atoms with Crippen LogP contribution in [-0.2, 0) is 9.53 Å². The molecule has 1 aromatic rings. The van der Waals surface area contributed by atoms with Crippen molar-refractivity contribution < 1.29 is 24.9 Å². The summed E-state index contributed by atoms with van der Waals surface area (Å²) in [5.41, 5.74) is -0.753. The molecule has 0 aromatic carbocycles. The van der Waals surface area contributed by atoms with Crippen molar-refractivity contribution in [3.63, 3.8) is 0 Å². The maximum atomic E-state index is 12.0. The van der Waals surface area contributed by atoms with Gasteiger partial charge in [-0.05, 0) is 6.07 Å². The number of carbonyl (C=O) groups excluding carboxylic acids is 1. The van der Waals surface area contributed by atoms with Crippen LogP contribution < -0.4 is 11.0 Å². The Morgan fingerprint density at radius 1 is 1.45 bits per heavy atom. The third-order valence-electron chi connectivity index (χ3n) is 3.40. The number of nitrogens with zero attached hydrogens (tertiary/aromatic N) is 2. The van der Waals surface area contributed by atoms with Crippen LogP contribution in [0, 0.1) is 5.92 Å². The van der Waals surface area contributed by atoms with E-state index >= 15 is 0 Å². The quantitative estimate of drug-likeness (QED) is 0.528. The highest BCUT2D eigenvalue weighted by molar-refractivity contribution is 5.90. The van der Waals surface area contributed by atoms with Crippen LogP contribution in [0.5, 0.6) is 0 Å². The highest BCUT2D eigenvalue weighted by Gasteiger charge is 2.43.